The van der Waals surface area contributed by atoms with Crippen LogP contribution in [0, 0.1) is 46.3 Å². The maximum Gasteiger partial charge on any atom is 0.184 e. The van der Waals surface area contributed by atoms with Gasteiger partial charge in [0, 0.05) is 5.92 Å². The van der Waals surface area contributed by atoms with Gasteiger partial charge in [0.25, 0.3) is 0 Å². The molecule has 13 atom stereocenters. The Hall–Kier alpha value is -0.830. The van der Waals surface area contributed by atoms with E-state index in [2.05, 4.69) is 34.6 Å². The third-order valence-electron chi connectivity index (χ3n) is 12.3. The highest BCUT2D eigenvalue weighted by molar-refractivity contribution is 5.94. The molecule has 4 aliphatic carbocycles. The molecule has 4 N–H and O–H groups in total. The average molecular weight is 563 g/mol. The van der Waals surface area contributed by atoms with Crippen LogP contribution < -0.4 is 0 Å². The summed E-state index contributed by atoms with van der Waals surface area (Å²) in [7, 11) is 0. The quantitative estimate of drug-likeness (QED) is 0.347. The number of allylic oxidation sites excluding steroid dienone is 1. The average Bonchev–Trinajstić information content (AvgIpc) is 3.26. The summed E-state index contributed by atoms with van der Waals surface area (Å²) in [5.41, 5.74) is 1.35. The maximum atomic E-state index is 13.9. The molecule has 1 heterocycles. The molecule has 0 spiro atoms. The van der Waals surface area contributed by atoms with Crippen molar-refractivity contribution in [1.29, 1.82) is 0 Å². The molecule has 5 aliphatic rings. The van der Waals surface area contributed by atoms with Crippen molar-refractivity contribution in [2.75, 3.05) is 6.61 Å². The fourth-order valence-corrected chi connectivity index (χ4v) is 9.95. The first-order chi connectivity index (χ1) is 18.9. The van der Waals surface area contributed by atoms with Crippen molar-refractivity contribution < 1.29 is 34.7 Å². The fourth-order valence-electron chi connectivity index (χ4n) is 9.95. The Kier molecular flexibility index (Phi) is 8.95. The van der Waals surface area contributed by atoms with Crippen LogP contribution in [0.3, 0.4) is 0 Å². The van der Waals surface area contributed by atoms with E-state index in [4.69, 9.17) is 9.47 Å². The summed E-state index contributed by atoms with van der Waals surface area (Å²) in [6, 6.07) is 0. The number of fused-ring (bicyclic) bond motifs is 5. The number of rotatable bonds is 8. The van der Waals surface area contributed by atoms with Gasteiger partial charge in [0.15, 0.2) is 12.1 Å². The van der Waals surface area contributed by atoms with Crippen LogP contribution in [0.2, 0.25) is 0 Å². The van der Waals surface area contributed by atoms with Crippen molar-refractivity contribution in [2.45, 2.75) is 136 Å². The van der Waals surface area contributed by atoms with E-state index in [1.165, 1.54) is 38.5 Å². The first-order valence-corrected chi connectivity index (χ1v) is 16.1. The summed E-state index contributed by atoms with van der Waals surface area (Å²) in [5.74, 6) is 3.40. The van der Waals surface area contributed by atoms with Crippen molar-refractivity contribution in [2.24, 2.45) is 46.3 Å². The summed E-state index contributed by atoms with van der Waals surface area (Å²) >= 11 is 0. The number of carbonyl (C=O) groups excluding carboxylic acids is 1. The third-order valence-corrected chi connectivity index (χ3v) is 12.3. The zero-order valence-corrected chi connectivity index (χ0v) is 25.3. The summed E-state index contributed by atoms with van der Waals surface area (Å²) < 4.78 is 11.4. The standard InChI is InChI=1S/C33H54O7/c1-18(2)7-6-8-19(3)22-9-10-23-27-24(12-14-33(22,23)5)32(4)13-11-21(15-20(32)16-25(27)35)39-30-29(37)28(36)26(17-34)40-31(30)38/h16,18-19,21-24,26-31,34,36-38H,6-15,17H2,1-5H3/t19-,21+,22-,23+,24+,26-,27+,28-,29+,30-,31-,32+,33-/m1/s1. The molecule has 1 aliphatic heterocycles. The molecule has 1 saturated heterocycles. The summed E-state index contributed by atoms with van der Waals surface area (Å²) in [4.78, 5) is 13.9. The van der Waals surface area contributed by atoms with E-state index < -0.39 is 37.3 Å². The second-order valence-corrected chi connectivity index (χ2v) is 15.0. The van der Waals surface area contributed by atoms with Gasteiger partial charge in [0.1, 0.15) is 24.4 Å². The molecular weight excluding hydrogens is 508 g/mol. The lowest BCUT2D eigenvalue weighted by Crippen LogP contribution is -2.60. The molecule has 0 aromatic carbocycles. The molecule has 3 saturated carbocycles. The second-order valence-electron chi connectivity index (χ2n) is 15.0. The van der Waals surface area contributed by atoms with Crippen LogP contribution in [0.25, 0.3) is 0 Å². The van der Waals surface area contributed by atoms with Gasteiger partial charge in [-0.15, -0.1) is 0 Å². The van der Waals surface area contributed by atoms with Gasteiger partial charge in [-0.3, -0.25) is 4.79 Å². The van der Waals surface area contributed by atoms with Crippen LogP contribution in [0.1, 0.15) is 98.8 Å². The van der Waals surface area contributed by atoms with Crippen LogP contribution in [0.5, 0.6) is 0 Å². The van der Waals surface area contributed by atoms with Crippen molar-refractivity contribution in [3.63, 3.8) is 0 Å². The first kappa shape index (κ1) is 30.6. The first-order valence-electron chi connectivity index (χ1n) is 16.1. The minimum atomic E-state index is -1.44. The van der Waals surface area contributed by atoms with Crippen LogP contribution in [0.15, 0.2) is 11.6 Å². The van der Waals surface area contributed by atoms with E-state index in [1.807, 2.05) is 6.08 Å². The Morgan fingerprint density at radius 1 is 1.00 bits per heavy atom. The summed E-state index contributed by atoms with van der Waals surface area (Å²) in [6.07, 6.45) is 6.22. The number of aliphatic hydroxyl groups excluding tert-OH is 4. The second kappa shape index (κ2) is 11.7. The number of ether oxygens (including phenoxy) is 2. The van der Waals surface area contributed by atoms with Crippen molar-refractivity contribution >= 4 is 5.78 Å². The lowest BCUT2D eigenvalue weighted by atomic mass is 9.46. The lowest BCUT2D eigenvalue weighted by molar-refractivity contribution is -0.304. The Balaban J connectivity index is 1.28. The largest absolute Gasteiger partial charge is 0.394 e. The fraction of sp³-hybridized carbons (Fsp3) is 0.909. The molecule has 0 amide bonds. The van der Waals surface area contributed by atoms with Gasteiger partial charge < -0.3 is 29.9 Å². The van der Waals surface area contributed by atoms with Gasteiger partial charge in [-0.1, -0.05) is 59.5 Å². The van der Waals surface area contributed by atoms with Gasteiger partial charge >= 0.3 is 0 Å². The van der Waals surface area contributed by atoms with Crippen LogP contribution in [-0.2, 0) is 14.3 Å². The zero-order valence-electron chi connectivity index (χ0n) is 25.3. The maximum absolute atomic E-state index is 13.9. The Morgan fingerprint density at radius 2 is 1.75 bits per heavy atom. The van der Waals surface area contributed by atoms with Gasteiger partial charge in [-0.2, -0.15) is 0 Å². The SMILES string of the molecule is CC(C)CCC[C@@H](C)[C@H]1CC[C@H]2[C@@H]3C(=O)C=C4C[C@@H](O[C@@H]5[C@@H](O)[C@H](O)[C@@H](CO)O[C@H]5O)CC[C@]4(C)[C@H]3CC[C@]12C. The van der Waals surface area contributed by atoms with E-state index in [0.717, 1.165) is 30.8 Å². The smallest absolute Gasteiger partial charge is 0.184 e. The highest BCUT2D eigenvalue weighted by Gasteiger charge is 2.61. The normalized spacial score (nSPS) is 47.9. The molecule has 228 valence electrons. The molecule has 0 radical (unpaired) electrons. The number of hydrogen-bond donors (Lipinski definition) is 4. The predicted octanol–water partition coefficient (Wildman–Crippen LogP) is 4.39. The Labute approximate surface area is 240 Å². The van der Waals surface area contributed by atoms with Gasteiger partial charge in [0.05, 0.1) is 12.7 Å². The molecule has 0 aromatic rings. The number of hydrogen-bond acceptors (Lipinski definition) is 7. The molecular formula is C33H54O7. The molecule has 0 bridgehead atoms. The highest BCUT2D eigenvalue weighted by atomic mass is 16.7. The van der Waals surface area contributed by atoms with Crippen molar-refractivity contribution in [3.8, 4) is 0 Å². The van der Waals surface area contributed by atoms with Gasteiger partial charge in [0.2, 0.25) is 0 Å². The predicted molar refractivity (Wildman–Crippen MR) is 152 cm³/mol. The molecule has 0 aromatic heterocycles. The summed E-state index contributed by atoms with van der Waals surface area (Å²) in [6.45, 7) is 11.4. The minimum absolute atomic E-state index is 0.0392. The van der Waals surface area contributed by atoms with Crippen LogP contribution in [0.4, 0.5) is 0 Å². The molecule has 7 nitrogen and oxygen atoms in total. The minimum Gasteiger partial charge on any atom is -0.394 e. The monoisotopic (exact) mass is 562 g/mol. The molecule has 7 heteroatoms. The highest BCUT2D eigenvalue weighted by Crippen LogP contribution is 2.66. The van der Waals surface area contributed by atoms with E-state index in [-0.39, 0.29) is 22.9 Å². The topological polar surface area (TPSA) is 116 Å². The molecule has 5 rings (SSSR count). The van der Waals surface area contributed by atoms with Gasteiger partial charge in [-0.05, 0) is 91.4 Å². The number of ketones is 1. The number of carbonyl (C=O) groups is 1. The molecule has 0 unspecified atom stereocenters. The van der Waals surface area contributed by atoms with E-state index in [0.29, 0.717) is 35.9 Å². The van der Waals surface area contributed by atoms with E-state index >= 15 is 0 Å². The summed E-state index contributed by atoms with van der Waals surface area (Å²) in [5, 5.41) is 40.6. The van der Waals surface area contributed by atoms with E-state index in [9.17, 15) is 25.2 Å². The zero-order chi connectivity index (χ0) is 29.0. The molecule has 40 heavy (non-hydrogen) atoms. The van der Waals surface area contributed by atoms with Crippen molar-refractivity contribution in [3.05, 3.63) is 11.6 Å². The Morgan fingerprint density at radius 3 is 2.45 bits per heavy atom. The number of aliphatic hydroxyl groups is 4. The van der Waals surface area contributed by atoms with E-state index in [1.54, 1.807) is 0 Å². The lowest BCUT2D eigenvalue weighted by Gasteiger charge is -2.58. The van der Waals surface area contributed by atoms with Gasteiger partial charge in [-0.25, -0.2) is 0 Å². The van der Waals surface area contributed by atoms with Crippen molar-refractivity contribution in [1.82, 2.24) is 0 Å². The third kappa shape index (κ3) is 5.26. The van der Waals surface area contributed by atoms with Crippen LogP contribution in [-0.4, -0.2) is 69.6 Å². The van der Waals surface area contributed by atoms with Crippen LogP contribution >= 0.6 is 0 Å². The Bertz CT molecular complexity index is 949. The molecule has 4 fully saturated rings.